The van der Waals surface area contributed by atoms with E-state index in [2.05, 4.69) is 59.5 Å². The van der Waals surface area contributed by atoms with E-state index in [4.69, 9.17) is 0 Å². The molecule has 1 nitrogen and oxygen atoms in total. The van der Waals surface area contributed by atoms with Crippen molar-refractivity contribution in [3.8, 4) is 0 Å². The van der Waals surface area contributed by atoms with Crippen LogP contribution >= 0.6 is 40.3 Å². The smallest absolute Gasteiger partial charge is 0.0960 e. The van der Waals surface area contributed by atoms with Crippen molar-refractivity contribution < 1.29 is 0 Å². The summed E-state index contributed by atoms with van der Waals surface area (Å²) in [5.41, 5.74) is 0.367. The third-order valence-electron chi connectivity index (χ3n) is 3.12. The number of thioether (sulfide) groups is 1. The average molecular weight is 348 g/mol. The molecule has 0 aromatic carbocycles. The van der Waals surface area contributed by atoms with Crippen LogP contribution in [-0.4, -0.2) is 16.5 Å². The maximum Gasteiger partial charge on any atom is 0.0960 e. The molecule has 0 fully saturated rings. The summed E-state index contributed by atoms with van der Waals surface area (Å²) in [5, 5.41) is 1.11. The van der Waals surface area contributed by atoms with Crippen LogP contribution in [0.2, 0.25) is 0 Å². The summed E-state index contributed by atoms with van der Waals surface area (Å²) in [5.74, 6) is 2.09. The molecular weight excluding hydrogens is 326 g/mol. The van der Waals surface area contributed by atoms with Crippen LogP contribution in [-0.2, 0) is 0 Å². The van der Waals surface area contributed by atoms with E-state index >= 15 is 0 Å². The van der Waals surface area contributed by atoms with Crippen LogP contribution in [0.5, 0.6) is 0 Å². The third-order valence-corrected chi connectivity index (χ3v) is 5.56. The fraction of sp³-hybridized carbons (Fsp3) is 0.643. The first kappa shape index (κ1) is 16.4. The van der Waals surface area contributed by atoms with Gasteiger partial charge in [-0.3, -0.25) is 0 Å². The Morgan fingerprint density at radius 2 is 1.94 bits per heavy atom. The van der Waals surface area contributed by atoms with E-state index in [1.54, 1.807) is 0 Å². The fourth-order valence-electron chi connectivity index (χ4n) is 2.21. The van der Waals surface area contributed by atoms with Crippen LogP contribution in [0.15, 0.2) is 27.8 Å². The largest absolute Gasteiger partial charge is 0.249 e. The van der Waals surface area contributed by atoms with Crippen molar-refractivity contribution in [3.63, 3.8) is 0 Å². The molecule has 0 saturated heterocycles. The SMILES string of the molecule is CCCC(CS)(CCC)CSc1ccc(Br)cn1. The van der Waals surface area contributed by atoms with E-state index < -0.39 is 0 Å². The Bertz CT molecular complexity index is 334. The lowest BCUT2D eigenvalue weighted by molar-refractivity contribution is 0.318. The van der Waals surface area contributed by atoms with Crippen molar-refractivity contribution in [1.29, 1.82) is 0 Å². The second kappa shape index (κ2) is 8.49. The predicted octanol–water partition coefficient (Wildman–Crippen LogP) is 5.45. The highest BCUT2D eigenvalue weighted by Crippen LogP contribution is 2.36. The molecule has 0 N–H and O–H groups in total. The number of halogens is 1. The third kappa shape index (κ3) is 5.14. The van der Waals surface area contributed by atoms with Gasteiger partial charge < -0.3 is 0 Å². The number of nitrogens with zero attached hydrogens (tertiary/aromatic N) is 1. The molecule has 0 bridgehead atoms. The second-order valence-corrected chi connectivity index (χ2v) is 6.99. The van der Waals surface area contributed by atoms with E-state index in [-0.39, 0.29) is 0 Å². The van der Waals surface area contributed by atoms with Crippen LogP contribution in [0.4, 0.5) is 0 Å². The molecule has 4 heteroatoms. The zero-order valence-corrected chi connectivity index (χ0v) is 14.5. The molecule has 0 amide bonds. The standard InChI is InChI=1S/C14H22BrNS2/c1-3-7-14(10-17,8-4-2)11-18-13-6-5-12(15)9-16-13/h5-6,9,17H,3-4,7-8,10-11H2,1-2H3. The minimum absolute atomic E-state index is 0.367. The van der Waals surface area contributed by atoms with Crippen LogP contribution in [0, 0.1) is 5.41 Å². The molecule has 0 atom stereocenters. The van der Waals surface area contributed by atoms with Crippen molar-refractivity contribution in [2.45, 2.75) is 44.6 Å². The van der Waals surface area contributed by atoms with Crippen molar-refractivity contribution >= 4 is 40.3 Å². The van der Waals surface area contributed by atoms with Gasteiger partial charge in [-0.1, -0.05) is 26.7 Å². The zero-order chi connectivity index (χ0) is 13.4. The average Bonchev–Trinajstić information content (AvgIpc) is 2.38. The lowest BCUT2D eigenvalue weighted by Gasteiger charge is -2.31. The van der Waals surface area contributed by atoms with Gasteiger partial charge in [0.05, 0.1) is 5.03 Å². The highest BCUT2D eigenvalue weighted by Gasteiger charge is 2.27. The Morgan fingerprint density at radius 1 is 1.28 bits per heavy atom. The minimum Gasteiger partial charge on any atom is -0.249 e. The highest BCUT2D eigenvalue weighted by atomic mass is 79.9. The van der Waals surface area contributed by atoms with Crippen LogP contribution in [0.3, 0.4) is 0 Å². The van der Waals surface area contributed by atoms with E-state index in [0.717, 1.165) is 21.0 Å². The number of hydrogen-bond donors (Lipinski definition) is 1. The summed E-state index contributed by atoms with van der Waals surface area (Å²) in [6, 6.07) is 4.13. The van der Waals surface area contributed by atoms with Crippen molar-refractivity contribution in [2.75, 3.05) is 11.5 Å². The Labute approximate surface area is 129 Å². The van der Waals surface area contributed by atoms with Crippen molar-refractivity contribution in [2.24, 2.45) is 5.41 Å². The molecule has 1 aromatic heterocycles. The van der Waals surface area contributed by atoms with Crippen LogP contribution < -0.4 is 0 Å². The Balaban J connectivity index is 2.63. The molecule has 0 unspecified atom stereocenters. The first-order valence-electron chi connectivity index (χ1n) is 6.51. The van der Waals surface area contributed by atoms with Gasteiger partial charge in [-0.2, -0.15) is 12.6 Å². The summed E-state index contributed by atoms with van der Waals surface area (Å²) < 4.78 is 1.04. The van der Waals surface area contributed by atoms with Gasteiger partial charge in [0.1, 0.15) is 0 Å². The summed E-state index contributed by atoms with van der Waals surface area (Å²) >= 11 is 9.87. The van der Waals surface area contributed by atoms with Crippen molar-refractivity contribution in [1.82, 2.24) is 4.98 Å². The van der Waals surface area contributed by atoms with E-state index in [1.165, 1.54) is 25.7 Å². The van der Waals surface area contributed by atoms with E-state index in [1.807, 2.05) is 18.0 Å². The molecule has 18 heavy (non-hydrogen) atoms. The summed E-state index contributed by atoms with van der Waals surface area (Å²) in [6.07, 6.45) is 6.84. The summed E-state index contributed by atoms with van der Waals surface area (Å²) in [6.45, 7) is 4.52. The van der Waals surface area contributed by atoms with Gasteiger partial charge >= 0.3 is 0 Å². The van der Waals surface area contributed by atoms with Crippen LogP contribution in [0.25, 0.3) is 0 Å². The van der Waals surface area contributed by atoms with Gasteiger partial charge in [0, 0.05) is 16.4 Å². The highest BCUT2D eigenvalue weighted by molar-refractivity contribution is 9.10. The van der Waals surface area contributed by atoms with Gasteiger partial charge in [-0.15, -0.1) is 11.8 Å². The molecule has 1 aromatic rings. The minimum atomic E-state index is 0.367. The summed E-state index contributed by atoms with van der Waals surface area (Å²) in [7, 11) is 0. The zero-order valence-electron chi connectivity index (χ0n) is 11.2. The van der Waals surface area contributed by atoms with E-state index in [9.17, 15) is 0 Å². The molecule has 1 heterocycles. The van der Waals surface area contributed by atoms with Gasteiger partial charge in [0.25, 0.3) is 0 Å². The van der Waals surface area contributed by atoms with Crippen molar-refractivity contribution in [3.05, 3.63) is 22.8 Å². The predicted molar refractivity (Wildman–Crippen MR) is 88.8 cm³/mol. The Kier molecular flexibility index (Phi) is 7.73. The molecule has 0 saturated carbocycles. The fourth-order valence-corrected chi connectivity index (χ4v) is 4.16. The lowest BCUT2D eigenvalue weighted by atomic mass is 9.83. The number of thiol groups is 1. The van der Waals surface area contributed by atoms with Gasteiger partial charge in [0.2, 0.25) is 0 Å². The number of rotatable bonds is 8. The van der Waals surface area contributed by atoms with Gasteiger partial charge in [-0.25, -0.2) is 4.98 Å². The lowest BCUT2D eigenvalue weighted by Crippen LogP contribution is -2.26. The molecule has 0 aliphatic rings. The van der Waals surface area contributed by atoms with Gasteiger partial charge in [0.15, 0.2) is 0 Å². The molecule has 0 aliphatic heterocycles. The molecular formula is C14H22BrNS2. The topological polar surface area (TPSA) is 12.9 Å². The maximum atomic E-state index is 4.59. The normalized spacial score (nSPS) is 11.8. The Hall–Kier alpha value is 0.330. The summed E-state index contributed by atoms with van der Waals surface area (Å²) in [4.78, 5) is 4.43. The molecule has 1 rings (SSSR count). The number of aromatic nitrogens is 1. The molecule has 0 radical (unpaired) electrons. The first-order valence-corrected chi connectivity index (χ1v) is 8.92. The molecule has 0 aliphatic carbocycles. The second-order valence-electron chi connectivity index (χ2n) is 4.76. The molecule has 0 spiro atoms. The van der Waals surface area contributed by atoms with E-state index in [0.29, 0.717) is 5.41 Å². The maximum absolute atomic E-state index is 4.59. The quantitative estimate of drug-likeness (QED) is 0.495. The monoisotopic (exact) mass is 347 g/mol. The van der Waals surface area contributed by atoms with Crippen LogP contribution in [0.1, 0.15) is 39.5 Å². The number of pyridine rings is 1. The Morgan fingerprint density at radius 3 is 2.39 bits per heavy atom. The molecule has 102 valence electrons. The first-order chi connectivity index (χ1) is 8.65. The number of hydrogen-bond acceptors (Lipinski definition) is 3. The van der Waals surface area contributed by atoms with Gasteiger partial charge in [-0.05, 0) is 52.1 Å².